The third-order valence-electron chi connectivity index (χ3n) is 3.74. The number of carboxylic acids is 1. The molecule has 0 fully saturated rings. The standard InChI is InChI=1S/C18H23N3O3/c1-13(2)21-11-10-16(20-21)18(24)19-15(8-9-17(22)23)12-14-6-4-3-5-7-14/h3-7,10-11,13,15H,8-9,12H2,1-2H3,(H,19,24)(H,22,23). The third-order valence-corrected chi connectivity index (χ3v) is 3.74. The second-order valence-corrected chi connectivity index (χ2v) is 6.07. The Morgan fingerprint density at radius 1 is 1.21 bits per heavy atom. The molecule has 128 valence electrons. The van der Waals surface area contributed by atoms with Crippen LogP contribution in [0.15, 0.2) is 42.6 Å². The van der Waals surface area contributed by atoms with Crippen LogP contribution in [0.4, 0.5) is 0 Å². The summed E-state index contributed by atoms with van der Waals surface area (Å²) in [5.74, 6) is -1.15. The SMILES string of the molecule is CC(C)n1ccc(C(=O)NC(CCC(=O)O)Cc2ccccc2)n1. The van der Waals surface area contributed by atoms with Crippen molar-refractivity contribution in [2.75, 3.05) is 0 Å². The maximum Gasteiger partial charge on any atom is 0.303 e. The van der Waals surface area contributed by atoms with Crippen LogP contribution < -0.4 is 5.32 Å². The molecule has 2 aromatic rings. The number of carbonyl (C=O) groups excluding carboxylic acids is 1. The summed E-state index contributed by atoms with van der Waals surface area (Å²) in [6.45, 7) is 3.97. The van der Waals surface area contributed by atoms with Crippen LogP contribution in [0.25, 0.3) is 0 Å². The van der Waals surface area contributed by atoms with Crippen LogP contribution in [-0.2, 0) is 11.2 Å². The molecule has 1 amide bonds. The van der Waals surface area contributed by atoms with Crippen molar-refractivity contribution in [2.45, 2.75) is 45.2 Å². The Morgan fingerprint density at radius 2 is 1.92 bits per heavy atom. The van der Waals surface area contributed by atoms with E-state index in [-0.39, 0.29) is 24.4 Å². The number of rotatable bonds is 8. The van der Waals surface area contributed by atoms with Crippen LogP contribution >= 0.6 is 0 Å². The molecule has 24 heavy (non-hydrogen) atoms. The molecule has 1 aromatic carbocycles. The molecule has 6 heteroatoms. The van der Waals surface area contributed by atoms with Gasteiger partial charge in [-0.3, -0.25) is 14.3 Å². The first-order valence-corrected chi connectivity index (χ1v) is 8.07. The summed E-state index contributed by atoms with van der Waals surface area (Å²) in [5.41, 5.74) is 1.40. The van der Waals surface area contributed by atoms with Gasteiger partial charge in [0.25, 0.3) is 5.91 Å². The molecule has 0 aliphatic heterocycles. The van der Waals surface area contributed by atoms with Gasteiger partial charge in [0.15, 0.2) is 0 Å². The molecule has 1 unspecified atom stereocenters. The van der Waals surface area contributed by atoms with Crippen molar-refractivity contribution in [1.29, 1.82) is 0 Å². The number of nitrogens with zero attached hydrogens (tertiary/aromatic N) is 2. The summed E-state index contributed by atoms with van der Waals surface area (Å²) in [6.07, 6.45) is 2.74. The Hall–Kier alpha value is -2.63. The molecule has 2 rings (SSSR count). The Bertz CT molecular complexity index is 680. The minimum absolute atomic E-state index is 0.0121. The van der Waals surface area contributed by atoms with Gasteiger partial charge in [-0.05, 0) is 38.3 Å². The highest BCUT2D eigenvalue weighted by Gasteiger charge is 2.18. The van der Waals surface area contributed by atoms with Gasteiger partial charge in [0.05, 0.1) is 0 Å². The molecule has 1 heterocycles. The fourth-order valence-electron chi connectivity index (χ4n) is 2.43. The Balaban J connectivity index is 2.05. The molecule has 0 bridgehead atoms. The summed E-state index contributed by atoms with van der Waals surface area (Å²) in [5, 5.41) is 16.1. The normalized spacial score (nSPS) is 12.1. The summed E-state index contributed by atoms with van der Waals surface area (Å²) in [7, 11) is 0. The topological polar surface area (TPSA) is 84.2 Å². The van der Waals surface area contributed by atoms with Crippen molar-refractivity contribution in [2.24, 2.45) is 0 Å². The van der Waals surface area contributed by atoms with Crippen LogP contribution in [0.5, 0.6) is 0 Å². The summed E-state index contributed by atoms with van der Waals surface area (Å²) in [4.78, 5) is 23.3. The van der Waals surface area contributed by atoms with E-state index in [0.29, 0.717) is 18.5 Å². The molecule has 0 aliphatic carbocycles. The maximum atomic E-state index is 12.4. The summed E-state index contributed by atoms with van der Waals surface area (Å²) >= 11 is 0. The lowest BCUT2D eigenvalue weighted by Gasteiger charge is -2.17. The first-order chi connectivity index (χ1) is 11.5. The quantitative estimate of drug-likeness (QED) is 0.780. The average Bonchev–Trinajstić information content (AvgIpc) is 3.04. The van der Waals surface area contributed by atoms with E-state index in [2.05, 4.69) is 10.4 Å². The Morgan fingerprint density at radius 3 is 2.50 bits per heavy atom. The molecule has 0 radical (unpaired) electrons. The lowest BCUT2D eigenvalue weighted by atomic mass is 10.0. The van der Waals surface area contributed by atoms with Gasteiger partial charge in [0.2, 0.25) is 0 Å². The predicted molar refractivity (Wildman–Crippen MR) is 90.9 cm³/mol. The van der Waals surface area contributed by atoms with Gasteiger partial charge in [-0.25, -0.2) is 0 Å². The van der Waals surface area contributed by atoms with E-state index in [1.807, 2.05) is 44.2 Å². The van der Waals surface area contributed by atoms with E-state index in [4.69, 9.17) is 5.11 Å². The Kier molecular flexibility index (Phi) is 6.12. The zero-order chi connectivity index (χ0) is 17.5. The van der Waals surface area contributed by atoms with Gasteiger partial charge < -0.3 is 10.4 Å². The first-order valence-electron chi connectivity index (χ1n) is 8.07. The second kappa shape index (κ2) is 8.29. The van der Waals surface area contributed by atoms with E-state index in [1.54, 1.807) is 16.9 Å². The van der Waals surface area contributed by atoms with E-state index < -0.39 is 5.97 Å². The van der Waals surface area contributed by atoms with Crippen molar-refractivity contribution >= 4 is 11.9 Å². The van der Waals surface area contributed by atoms with Crippen molar-refractivity contribution in [1.82, 2.24) is 15.1 Å². The average molecular weight is 329 g/mol. The monoisotopic (exact) mass is 329 g/mol. The van der Waals surface area contributed by atoms with Gasteiger partial charge in [0, 0.05) is 24.7 Å². The number of carboxylic acid groups (broad SMARTS) is 1. The number of amides is 1. The van der Waals surface area contributed by atoms with Crippen molar-refractivity contribution in [3.8, 4) is 0 Å². The van der Waals surface area contributed by atoms with Crippen molar-refractivity contribution in [3.63, 3.8) is 0 Å². The van der Waals surface area contributed by atoms with Crippen LogP contribution in [0, 0.1) is 0 Å². The molecular weight excluding hydrogens is 306 g/mol. The van der Waals surface area contributed by atoms with E-state index in [1.165, 1.54) is 0 Å². The number of hydrogen-bond acceptors (Lipinski definition) is 3. The summed E-state index contributed by atoms with van der Waals surface area (Å²) in [6, 6.07) is 11.3. The van der Waals surface area contributed by atoms with E-state index in [0.717, 1.165) is 5.56 Å². The maximum absolute atomic E-state index is 12.4. The number of nitrogens with one attached hydrogen (secondary N) is 1. The molecule has 0 spiro atoms. The Labute approximate surface area is 141 Å². The minimum Gasteiger partial charge on any atom is -0.481 e. The largest absolute Gasteiger partial charge is 0.481 e. The number of carbonyl (C=O) groups is 2. The van der Waals surface area contributed by atoms with Crippen LogP contribution in [0.3, 0.4) is 0 Å². The van der Waals surface area contributed by atoms with Crippen LogP contribution in [-0.4, -0.2) is 32.8 Å². The van der Waals surface area contributed by atoms with Crippen molar-refractivity contribution < 1.29 is 14.7 Å². The van der Waals surface area contributed by atoms with Gasteiger partial charge in [-0.1, -0.05) is 30.3 Å². The van der Waals surface area contributed by atoms with Gasteiger partial charge in [-0.15, -0.1) is 0 Å². The van der Waals surface area contributed by atoms with Crippen LogP contribution in [0.1, 0.15) is 48.8 Å². The van der Waals surface area contributed by atoms with Gasteiger partial charge in [0.1, 0.15) is 5.69 Å². The van der Waals surface area contributed by atoms with Gasteiger partial charge >= 0.3 is 5.97 Å². The highest BCUT2D eigenvalue weighted by molar-refractivity contribution is 5.92. The fraction of sp³-hybridized carbons (Fsp3) is 0.389. The molecular formula is C18H23N3O3. The smallest absolute Gasteiger partial charge is 0.303 e. The second-order valence-electron chi connectivity index (χ2n) is 6.07. The molecule has 1 aromatic heterocycles. The van der Waals surface area contributed by atoms with Gasteiger partial charge in [-0.2, -0.15) is 5.10 Å². The lowest BCUT2D eigenvalue weighted by Crippen LogP contribution is -2.37. The molecule has 1 atom stereocenters. The number of aliphatic carboxylic acids is 1. The minimum atomic E-state index is -0.869. The summed E-state index contributed by atoms with van der Waals surface area (Å²) < 4.78 is 1.72. The fourth-order valence-corrected chi connectivity index (χ4v) is 2.43. The highest BCUT2D eigenvalue weighted by Crippen LogP contribution is 2.10. The molecule has 6 nitrogen and oxygen atoms in total. The molecule has 0 saturated heterocycles. The first kappa shape index (κ1) is 17.7. The number of benzene rings is 1. The molecule has 0 aliphatic rings. The zero-order valence-electron chi connectivity index (χ0n) is 14.0. The van der Waals surface area contributed by atoms with Crippen LogP contribution in [0.2, 0.25) is 0 Å². The van der Waals surface area contributed by atoms with E-state index in [9.17, 15) is 9.59 Å². The number of hydrogen-bond donors (Lipinski definition) is 2. The zero-order valence-corrected chi connectivity index (χ0v) is 14.0. The predicted octanol–water partition coefficient (Wildman–Crippen LogP) is 2.67. The molecule has 0 saturated carbocycles. The number of aromatic nitrogens is 2. The highest BCUT2D eigenvalue weighted by atomic mass is 16.4. The third kappa shape index (κ3) is 5.22. The van der Waals surface area contributed by atoms with Crippen molar-refractivity contribution in [3.05, 3.63) is 53.9 Å². The van der Waals surface area contributed by atoms with E-state index >= 15 is 0 Å². The molecule has 2 N–H and O–H groups in total. The lowest BCUT2D eigenvalue weighted by molar-refractivity contribution is -0.137.